The van der Waals surface area contributed by atoms with Crippen LogP contribution in [0.3, 0.4) is 0 Å². The van der Waals surface area contributed by atoms with Gasteiger partial charge < -0.3 is 14.9 Å². The first-order valence-corrected chi connectivity index (χ1v) is 9.83. The number of rotatable bonds is 12. The van der Waals surface area contributed by atoms with Crippen LogP contribution >= 0.6 is 12.4 Å². The maximum atomic E-state index is 11.4. The van der Waals surface area contributed by atoms with Crippen LogP contribution in [-0.2, 0) is 33.5 Å². The summed E-state index contributed by atoms with van der Waals surface area (Å²) in [6.07, 6.45) is 3.19. The minimum atomic E-state index is -0.914. The van der Waals surface area contributed by atoms with Crippen molar-refractivity contribution in [3.63, 3.8) is 0 Å². The van der Waals surface area contributed by atoms with Crippen LogP contribution < -0.4 is 0 Å². The van der Waals surface area contributed by atoms with Crippen LogP contribution in [0.2, 0.25) is 0 Å². The summed E-state index contributed by atoms with van der Waals surface area (Å²) < 4.78 is 4.74. The third-order valence-electron chi connectivity index (χ3n) is 4.26. The lowest BCUT2D eigenvalue weighted by atomic mass is 9.84. The van der Waals surface area contributed by atoms with Gasteiger partial charge in [0, 0.05) is 44.9 Å². The fourth-order valence-electron chi connectivity index (χ4n) is 2.78. The van der Waals surface area contributed by atoms with Crippen molar-refractivity contribution in [2.45, 2.75) is 77.6 Å². The molecule has 1 aliphatic rings. The van der Waals surface area contributed by atoms with Crippen LogP contribution in [0.25, 0.3) is 0 Å². The van der Waals surface area contributed by atoms with Crippen molar-refractivity contribution in [3.8, 4) is 0 Å². The fraction of sp³-hybridized carbons (Fsp3) is 0.700. The Hall–Kier alpha value is -2.29. The summed E-state index contributed by atoms with van der Waals surface area (Å²) >= 11 is 0. The Morgan fingerprint density at radius 1 is 0.867 bits per heavy atom. The number of esters is 1. The van der Waals surface area contributed by atoms with Gasteiger partial charge in [0.25, 0.3) is 0 Å². The molecule has 2 N–H and O–H groups in total. The van der Waals surface area contributed by atoms with E-state index >= 15 is 0 Å². The summed E-state index contributed by atoms with van der Waals surface area (Å²) in [6, 6.07) is 0. The van der Waals surface area contributed by atoms with Gasteiger partial charge in [-0.05, 0) is 32.6 Å². The smallest absolute Gasteiger partial charge is 0.305 e. The molecule has 0 saturated heterocycles. The molecule has 0 unspecified atom stereocenters. The van der Waals surface area contributed by atoms with Gasteiger partial charge >= 0.3 is 17.9 Å². The number of hydrogen-bond donors (Lipinski definition) is 2. The van der Waals surface area contributed by atoms with Crippen LogP contribution in [-0.4, -0.2) is 52.1 Å². The Kier molecular flexibility index (Phi) is 17.5. The van der Waals surface area contributed by atoms with Gasteiger partial charge in [-0.3, -0.25) is 28.8 Å². The Balaban J connectivity index is 0. The number of carboxylic acids is 2. The van der Waals surface area contributed by atoms with Crippen molar-refractivity contribution in [1.82, 2.24) is 0 Å². The van der Waals surface area contributed by atoms with Crippen LogP contribution in [0.1, 0.15) is 77.6 Å². The Morgan fingerprint density at radius 2 is 1.33 bits per heavy atom. The molecule has 1 aliphatic carbocycles. The molecule has 0 aromatic rings. The molecule has 0 aromatic heterocycles. The molecule has 0 heterocycles. The topological polar surface area (TPSA) is 152 Å². The lowest BCUT2D eigenvalue weighted by Crippen LogP contribution is -2.29. The second kappa shape index (κ2) is 17.6. The highest BCUT2D eigenvalue weighted by atomic mass is 35.5. The third kappa shape index (κ3) is 15.6. The largest absolute Gasteiger partial charge is 0.481 e. The van der Waals surface area contributed by atoms with Gasteiger partial charge in [0.15, 0.2) is 0 Å². The standard InChI is InChI=1S/C11H16O4.C9H14O5.ClH/c1-2-15-11(14)7-6-8-9(12)4-3-5-10(8)13;10-7(3-1-5-8(11)12)4-2-6-9(13)14;/h8H,2-7H2,1H3;1-6H2,(H,11,12)(H,13,14);1H. The summed E-state index contributed by atoms with van der Waals surface area (Å²) in [4.78, 5) is 65.1. The van der Waals surface area contributed by atoms with E-state index in [1.807, 2.05) is 0 Å². The van der Waals surface area contributed by atoms with E-state index in [1.165, 1.54) is 0 Å². The lowest BCUT2D eigenvalue weighted by Gasteiger charge is -2.18. The van der Waals surface area contributed by atoms with Crippen LogP contribution in [0, 0.1) is 5.92 Å². The monoisotopic (exact) mass is 450 g/mol. The van der Waals surface area contributed by atoms with Gasteiger partial charge in [0.2, 0.25) is 0 Å². The number of Topliss-reactive ketones (excluding diaryl/α,β-unsaturated/α-hetero) is 3. The van der Waals surface area contributed by atoms with E-state index in [9.17, 15) is 28.8 Å². The minimum absolute atomic E-state index is 0. The lowest BCUT2D eigenvalue weighted by molar-refractivity contribution is -0.144. The molecule has 1 rings (SSSR count). The number of aliphatic carboxylic acids is 2. The number of carbonyl (C=O) groups excluding carboxylic acids is 4. The molecule has 1 fully saturated rings. The summed E-state index contributed by atoms with van der Waals surface area (Å²) in [5.41, 5.74) is 0. The predicted molar refractivity (Wildman–Crippen MR) is 108 cm³/mol. The maximum Gasteiger partial charge on any atom is 0.305 e. The van der Waals surface area contributed by atoms with Crippen molar-refractivity contribution in [2.75, 3.05) is 6.61 Å². The molecule has 0 aliphatic heterocycles. The van der Waals surface area contributed by atoms with Crippen molar-refractivity contribution in [2.24, 2.45) is 5.92 Å². The average molecular weight is 451 g/mol. The quantitative estimate of drug-likeness (QED) is 0.337. The molecule has 30 heavy (non-hydrogen) atoms. The molecule has 10 heteroatoms. The first-order chi connectivity index (χ1) is 13.7. The van der Waals surface area contributed by atoms with Gasteiger partial charge in [-0.15, -0.1) is 12.4 Å². The van der Waals surface area contributed by atoms with E-state index in [2.05, 4.69) is 0 Å². The van der Waals surface area contributed by atoms with E-state index in [1.54, 1.807) is 6.92 Å². The second-order valence-electron chi connectivity index (χ2n) is 6.72. The molecular weight excluding hydrogens is 420 g/mol. The van der Waals surface area contributed by atoms with Gasteiger partial charge in [-0.25, -0.2) is 0 Å². The number of carboxylic acid groups (broad SMARTS) is 2. The van der Waals surface area contributed by atoms with E-state index < -0.39 is 17.9 Å². The Bertz CT molecular complexity index is 563. The van der Waals surface area contributed by atoms with Crippen molar-refractivity contribution in [3.05, 3.63) is 0 Å². The number of carbonyl (C=O) groups is 6. The predicted octanol–water partition coefficient (Wildman–Crippen LogP) is 2.76. The van der Waals surface area contributed by atoms with Gasteiger partial charge in [0.1, 0.15) is 17.3 Å². The summed E-state index contributed by atoms with van der Waals surface area (Å²) in [7, 11) is 0. The number of ketones is 3. The molecule has 1 saturated carbocycles. The summed E-state index contributed by atoms with van der Waals surface area (Å²) in [6.45, 7) is 2.07. The first-order valence-electron chi connectivity index (χ1n) is 9.83. The summed E-state index contributed by atoms with van der Waals surface area (Å²) in [5.74, 6) is -2.81. The van der Waals surface area contributed by atoms with Crippen LogP contribution in [0.15, 0.2) is 0 Å². The van der Waals surface area contributed by atoms with E-state index in [0.717, 1.165) is 0 Å². The average Bonchev–Trinajstić information content (AvgIpc) is 2.61. The second-order valence-corrected chi connectivity index (χ2v) is 6.72. The first kappa shape index (κ1) is 29.9. The molecule has 0 atom stereocenters. The molecule has 0 spiro atoms. The molecule has 0 bridgehead atoms. The highest BCUT2D eigenvalue weighted by molar-refractivity contribution is 6.04. The van der Waals surface area contributed by atoms with Gasteiger partial charge in [-0.2, -0.15) is 0 Å². The molecule has 9 nitrogen and oxygen atoms in total. The zero-order chi connectivity index (χ0) is 22.2. The van der Waals surface area contributed by atoms with Crippen molar-refractivity contribution in [1.29, 1.82) is 0 Å². The number of ether oxygens (including phenoxy) is 1. The van der Waals surface area contributed by atoms with Crippen molar-refractivity contribution >= 4 is 47.7 Å². The molecule has 0 aromatic carbocycles. The summed E-state index contributed by atoms with van der Waals surface area (Å²) in [5, 5.41) is 16.6. The molecule has 0 amide bonds. The minimum Gasteiger partial charge on any atom is -0.481 e. The van der Waals surface area contributed by atoms with E-state index in [0.29, 0.717) is 45.1 Å². The Morgan fingerprint density at radius 3 is 1.73 bits per heavy atom. The highest BCUT2D eigenvalue weighted by Crippen LogP contribution is 2.21. The number of hydrogen-bond acceptors (Lipinski definition) is 7. The normalized spacial score (nSPS) is 13.5. The highest BCUT2D eigenvalue weighted by Gasteiger charge is 2.30. The third-order valence-corrected chi connectivity index (χ3v) is 4.26. The molecular formula is C20H31ClO9. The van der Waals surface area contributed by atoms with E-state index in [4.69, 9.17) is 14.9 Å². The maximum absolute atomic E-state index is 11.4. The molecule has 0 radical (unpaired) electrons. The van der Waals surface area contributed by atoms with Gasteiger partial charge in [-0.1, -0.05) is 0 Å². The van der Waals surface area contributed by atoms with Crippen molar-refractivity contribution < 1.29 is 43.7 Å². The fourth-order valence-corrected chi connectivity index (χ4v) is 2.78. The Labute approximate surface area is 181 Å². The zero-order valence-corrected chi connectivity index (χ0v) is 18.0. The SMILES string of the molecule is CCOC(=O)CCC1C(=O)CCCC1=O.Cl.O=C(O)CCCC(=O)CCCC(=O)O. The van der Waals surface area contributed by atoms with Gasteiger partial charge in [0.05, 0.1) is 12.5 Å². The molecule has 172 valence electrons. The van der Waals surface area contributed by atoms with Crippen LogP contribution in [0.4, 0.5) is 0 Å². The number of halogens is 1. The zero-order valence-electron chi connectivity index (χ0n) is 17.2. The van der Waals surface area contributed by atoms with Crippen LogP contribution in [0.5, 0.6) is 0 Å². The van der Waals surface area contributed by atoms with E-state index in [-0.39, 0.29) is 67.8 Å².